The summed E-state index contributed by atoms with van der Waals surface area (Å²) >= 11 is 0. The number of hydrogen-bond donors (Lipinski definition) is 2. The lowest BCUT2D eigenvalue weighted by Gasteiger charge is -1.93. The van der Waals surface area contributed by atoms with Gasteiger partial charge in [0.25, 0.3) is 5.91 Å². The Morgan fingerprint density at radius 2 is 2.08 bits per heavy atom. The highest BCUT2D eigenvalue weighted by atomic mass is 16.5. The van der Waals surface area contributed by atoms with E-state index in [0.29, 0.717) is 6.42 Å². The third kappa shape index (κ3) is 3.53. The maximum absolute atomic E-state index is 10.6. The Morgan fingerprint density at radius 1 is 1.38 bits per heavy atom. The smallest absolute Gasteiger partial charge is 0.267 e. The number of benzene rings is 1. The minimum absolute atomic E-state index is 0.504. The average Bonchev–Trinajstić information content (AvgIpc) is 2.19. The van der Waals surface area contributed by atoms with Crippen LogP contribution in [0.5, 0.6) is 0 Å². The number of allylic oxidation sites excluding steroid dienone is 1. The lowest BCUT2D eigenvalue weighted by atomic mass is 10.1. The molecule has 68 valence electrons. The van der Waals surface area contributed by atoms with Crippen molar-refractivity contribution in [2.45, 2.75) is 6.42 Å². The Kier molecular flexibility index (Phi) is 3.73. The Hall–Kier alpha value is -1.61. The maximum Gasteiger partial charge on any atom is 0.267 e. The Morgan fingerprint density at radius 3 is 2.69 bits per heavy atom. The van der Waals surface area contributed by atoms with Crippen LogP contribution in [0.4, 0.5) is 0 Å². The molecule has 0 saturated heterocycles. The molecule has 0 heterocycles. The van der Waals surface area contributed by atoms with Gasteiger partial charge >= 0.3 is 0 Å². The van der Waals surface area contributed by atoms with Crippen LogP contribution < -0.4 is 5.48 Å². The Bertz CT molecular complexity index is 293. The molecule has 0 spiro atoms. The van der Waals surface area contributed by atoms with E-state index >= 15 is 0 Å². The first-order valence-electron chi connectivity index (χ1n) is 3.97. The third-order valence-electron chi connectivity index (χ3n) is 1.58. The number of rotatable bonds is 3. The van der Waals surface area contributed by atoms with Crippen LogP contribution in [-0.4, -0.2) is 11.1 Å². The third-order valence-corrected chi connectivity index (χ3v) is 1.58. The van der Waals surface area contributed by atoms with Crippen LogP contribution in [0.2, 0.25) is 0 Å². The monoisotopic (exact) mass is 177 g/mol. The molecule has 0 unspecified atom stereocenters. The molecule has 0 saturated carbocycles. The molecule has 1 aromatic rings. The summed E-state index contributed by atoms with van der Waals surface area (Å²) in [4.78, 5) is 10.6. The minimum atomic E-state index is -0.504. The SMILES string of the molecule is O=C(C=CCc1ccccc1)NO. The number of hydrogen-bond acceptors (Lipinski definition) is 2. The van der Waals surface area contributed by atoms with Crippen LogP contribution in [0.3, 0.4) is 0 Å². The van der Waals surface area contributed by atoms with E-state index in [1.54, 1.807) is 6.08 Å². The van der Waals surface area contributed by atoms with Gasteiger partial charge in [0, 0.05) is 6.08 Å². The summed E-state index contributed by atoms with van der Waals surface area (Å²) in [5, 5.41) is 8.18. The first kappa shape index (κ1) is 9.48. The summed E-state index contributed by atoms with van der Waals surface area (Å²) in [6, 6.07) is 9.76. The molecule has 0 bridgehead atoms. The highest BCUT2D eigenvalue weighted by Crippen LogP contribution is 1.99. The van der Waals surface area contributed by atoms with Gasteiger partial charge in [-0.3, -0.25) is 10.0 Å². The van der Waals surface area contributed by atoms with Gasteiger partial charge in [0.2, 0.25) is 0 Å². The van der Waals surface area contributed by atoms with Crippen molar-refractivity contribution < 1.29 is 10.0 Å². The van der Waals surface area contributed by atoms with Gasteiger partial charge in [-0.25, -0.2) is 5.48 Å². The molecule has 1 rings (SSSR count). The quantitative estimate of drug-likeness (QED) is 0.415. The molecule has 0 radical (unpaired) electrons. The van der Waals surface area contributed by atoms with Crippen LogP contribution in [0.25, 0.3) is 0 Å². The number of nitrogens with one attached hydrogen (secondary N) is 1. The molecule has 0 atom stereocenters. The van der Waals surface area contributed by atoms with Gasteiger partial charge < -0.3 is 0 Å². The van der Waals surface area contributed by atoms with E-state index in [2.05, 4.69) is 0 Å². The first-order valence-corrected chi connectivity index (χ1v) is 3.97. The highest BCUT2D eigenvalue weighted by Gasteiger charge is 1.89. The van der Waals surface area contributed by atoms with E-state index in [1.807, 2.05) is 30.3 Å². The molecule has 13 heavy (non-hydrogen) atoms. The maximum atomic E-state index is 10.6. The van der Waals surface area contributed by atoms with Gasteiger partial charge in [-0.2, -0.15) is 0 Å². The summed E-state index contributed by atoms with van der Waals surface area (Å²) in [6.45, 7) is 0. The fourth-order valence-electron chi connectivity index (χ4n) is 0.953. The van der Waals surface area contributed by atoms with Crippen molar-refractivity contribution in [2.75, 3.05) is 0 Å². The summed E-state index contributed by atoms with van der Waals surface area (Å²) in [5.74, 6) is -0.504. The van der Waals surface area contributed by atoms with Gasteiger partial charge in [0.1, 0.15) is 0 Å². The molecule has 3 nitrogen and oxygen atoms in total. The van der Waals surface area contributed by atoms with E-state index < -0.39 is 5.91 Å². The van der Waals surface area contributed by atoms with E-state index in [4.69, 9.17) is 5.21 Å². The average molecular weight is 177 g/mol. The number of hydroxylamine groups is 1. The van der Waals surface area contributed by atoms with Gasteiger partial charge in [0.15, 0.2) is 0 Å². The molecule has 2 N–H and O–H groups in total. The molecular formula is C10H11NO2. The predicted octanol–water partition coefficient (Wildman–Crippen LogP) is 1.29. The molecule has 0 aliphatic carbocycles. The number of carbonyl (C=O) groups is 1. The molecule has 0 aliphatic rings. The standard InChI is InChI=1S/C10H11NO2/c12-10(11-13)8-4-7-9-5-2-1-3-6-9/h1-6,8,13H,7H2,(H,11,12). The molecule has 1 aromatic carbocycles. The largest absolute Gasteiger partial charge is 0.288 e. The minimum Gasteiger partial charge on any atom is -0.288 e. The summed E-state index contributed by atoms with van der Waals surface area (Å²) in [5.41, 5.74) is 2.65. The van der Waals surface area contributed by atoms with Crippen LogP contribution in [0.15, 0.2) is 42.5 Å². The summed E-state index contributed by atoms with van der Waals surface area (Å²) in [6.07, 6.45) is 3.68. The Balaban J connectivity index is 2.44. The second-order valence-electron chi connectivity index (χ2n) is 2.57. The lowest BCUT2D eigenvalue weighted by molar-refractivity contribution is -0.124. The van der Waals surface area contributed by atoms with Gasteiger partial charge in [-0.05, 0) is 12.0 Å². The zero-order valence-electron chi connectivity index (χ0n) is 7.10. The zero-order valence-corrected chi connectivity index (χ0v) is 7.10. The molecular weight excluding hydrogens is 166 g/mol. The van der Waals surface area contributed by atoms with Gasteiger partial charge in [-0.1, -0.05) is 36.4 Å². The Labute approximate surface area is 76.7 Å². The second kappa shape index (κ2) is 5.11. The topological polar surface area (TPSA) is 49.3 Å². The van der Waals surface area contributed by atoms with Gasteiger partial charge in [-0.15, -0.1) is 0 Å². The van der Waals surface area contributed by atoms with Gasteiger partial charge in [0.05, 0.1) is 0 Å². The molecule has 1 amide bonds. The highest BCUT2D eigenvalue weighted by molar-refractivity contribution is 5.86. The number of amides is 1. The first-order chi connectivity index (χ1) is 6.33. The van der Waals surface area contributed by atoms with Crippen molar-refractivity contribution in [3.8, 4) is 0 Å². The second-order valence-corrected chi connectivity index (χ2v) is 2.57. The molecule has 0 fully saturated rings. The van der Waals surface area contributed by atoms with E-state index in [0.717, 1.165) is 5.56 Å². The zero-order chi connectivity index (χ0) is 9.52. The van der Waals surface area contributed by atoms with Crippen molar-refractivity contribution in [2.24, 2.45) is 0 Å². The van der Waals surface area contributed by atoms with E-state index in [9.17, 15) is 4.79 Å². The van der Waals surface area contributed by atoms with Crippen molar-refractivity contribution in [3.05, 3.63) is 48.0 Å². The summed E-state index contributed by atoms with van der Waals surface area (Å²) in [7, 11) is 0. The van der Waals surface area contributed by atoms with Crippen molar-refractivity contribution in [3.63, 3.8) is 0 Å². The number of carbonyl (C=O) groups excluding carboxylic acids is 1. The normalized spacial score (nSPS) is 10.2. The molecule has 3 heteroatoms. The molecule has 0 aliphatic heterocycles. The van der Waals surface area contributed by atoms with Crippen LogP contribution in [-0.2, 0) is 11.2 Å². The van der Waals surface area contributed by atoms with E-state index in [1.165, 1.54) is 11.6 Å². The fourth-order valence-corrected chi connectivity index (χ4v) is 0.953. The predicted molar refractivity (Wildman–Crippen MR) is 49.2 cm³/mol. The fraction of sp³-hybridized carbons (Fsp3) is 0.100. The van der Waals surface area contributed by atoms with E-state index in [-0.39, 0.29) is 0 Å². The molecule has 0 aromatic heterocycles. The summed E-state index contributed by atoms with van der Waals surface area (Å²) < 4.78 is 0. The van der Waals surface area contributed by atoms with Crippen molar-refractivity contribution >= 4 is 5.91 Å². The van der Waals surface area contributed by atoms with Crippen LogP contribution >= 0.6 is 0 Å². The van der Waals surface area contributed by atoms with Crippen LogP contribution in [0, 0.1) is 0 Å². The van der Waals surface area contributed by atoms with Crippen LogP contribution in [0.1, 0.15) is 5.56 Å². The van der Waals surface area contributed by atoms with Crippen molar-refractivity contribution in [1.82, 2.24) is 5.48 Å². The lowest BCUT2D eigenvalue weighted by Crippen LogP contribution is -2.14. The van der Waals surface area contributed by atoms with Crippen molar-refractivity contribution in [1.29, 1.82) is 0 Å².